The van der Waals surface area contributed by atoms with Crippen LogP contribution in [0.4, 0.5) is 13.2 Å². The molecule has 0 spiro atoms. The molecule has 6 heteroatoms. The van der Waals surface area contributed by atoms with Gasteiger partial charge in [-0.2, -0.15) is 13.2 Å². The molecule has 120 valence electrons. The highest BCUT2D eigenvalue weighted by Gasteiger charge is 2.34. The summed E-state index contributed by atoms with van der Waals surface area (Å²) in [4.78, 5) is 0. The molecule has 0 amide bonds. The molecule has 0 aliphatic rings. The van der Waals surface area contributed by atoms with Gasteiger partial charge in [0.05, 0.1) is 12.2 Å². The van der Waals surface area contributed by atoms with Crippen LogP contribution in [-0.2, 0) is 17.3 Å². The van der Waals surface area contributed by atoms with E-state index in [9.17, 15) is 13.2 Å². The Labute approximate surface area is 123 Å². The monoisotopic (exact) mass is 305 g/mol. The lowest BCUT2D eigenvalue weighted by molar-refractivity contribution is -0.139. The Bertz CT molecular complexity index is 433. The van der Waals surface area contributed by atoms with E-state index >= 15 is 0 Å². The summed E-state index contributed by atoms with van der Waals surface area (Å²) in [5.41, 5.74) is 5.44. The van der Waals surface area contributed by atoms with E-state index in [-0.39, 0.29) is 18.4 Å². The largest absolute Gasteiger partial charge is 0.493 e. The van der Waals surface area contributed by atoms with Crippen LogP contribution in [-0.4, -0.2) is 26.4 Å². The number of halogens is 3. The normalized spacial score (nSPS) is 13.2. The van der Waals surface area contributed by atoms with Gasteiger partial charge in [-0.3, -0.25) is 0 Å². The van der Waals surface area contributed by atoms with Crippen molar-refractivity contribution in [1.82, 2.24) is 0 Å². The summed E-state index contributed by atoms with van der Waals surface area (Å²) in [6.45, 7) is 2.56. The van der Waals surface area contributed by atoms with E-state index in [0.29, 0.717) is 25.0 Å². The highest BCUT2D eigenvalue weighted by Crippen LogP contribution is 2.37. The number of methoxy groups -OCH3 is 1. The molecule has 0 bridgehead atoms. The molecule has 1 aromatic rings. The molecular weight excluding hydrogens is 283 g/mol. The second kappa shape index (κ2) is 8.24. The molecule has 1 aromatic carbocycles. The molecule has 3 nitrogen and oxygen atoms in total. The van der Waals surface area contributed by atoms with Crippen LogP contribution >= 0.6 is 0 Å². The van der Waals surface area contributed by atoms with Gasteiger partial charge in [-0.15, -0.1) is 0 Å². The maximum Gasteiger partial charge on any atom is 0.419 e. The predicted molar refractivity (Wildman–Crippen MR) is 75.4 cm³/mol. The highest BCUT2D eigenvalue weighted by atomic mass is 19.4. The molecule has 0 aromatic heterocycles. The van der Waals surface area contributed by atoms with Gasteiger partial charge < -0.3 is 15.2 Å². The molecule has 0 fully saturated rings. The molecule has 0 aliphatic heterocycles. The number of benzene rings is 1. The Morgan fingerprint density at radius 2 is 1.86 bits per heavy atom. The van der Waals surface area contributed by atoms with Crippen molar-refractivity contribution >= 4 is 0 Å². The first-order chi connectivity index (χ1) is 9.84. The third-order valence-corrected chi connectivity index (χ3v) is 2.91. The van der Waals surface area contributed by atoms with E-state index < -0.39 is 11.7 Å². The summed E-state index contributed by atoms with van der Waals surface area (Å²) in [6.07, 6.45) is -2.64. The van der Waals surface area contributed by atoms with Crippen molar-refractivity contribution in [3.05, 3.63) is 29.3 Å². The fourth-order valence-corrected chi connectivity index (χ4v) is 1.95. The molecule has 21 heavy (non-hydrogen) atoms. The number of rotatable bonds is 8. The molecule has 0 aliphatic carbocycles. The first kappa shape index (κ1) is 17.8. The fraction of sp³-hybridized carbons (Fsp3) is 0.600. The Kier molecular flexibility index (Phi) is 6.98. The van der Waals surface area contributed by atoms with Crippen LogP contribution in [0.25, 0.3) is 0 Å². The number of hydrogen-bond donors (Lipinski definition) is 1. The van der Waals surface area contributed by atoms with E-state index in [2.05, 4.69) is 0 Å². The lowest BCUT2D eigenvalue weighted by atomic mass is 10.0. The van der Waals surface area contributed by atoms with E-state index in [0.717, 1.165) is 12.5 Å². The average molecular weight is 305 g/mol. The fourth-order valence-electron chi connectivity index (χ4n) is 1.95. The number of unbranched alkanes of at least 4 members (excludes halogenated alkanes) is 1. The molecular formula is C15H22F3NO2. The first-order valence-corrected chi connectivity index (χ1v) is 6.92. The maximum atomic E-state index is 13.1. The van der Waals surface area contributed by atoms with Crippen LogP contribution in [0, 0.1) is 0 Å². The standard InChI is InChI=1S/C15H22F3NO2/c1-11(19)9-12-5-6-14(13(10-12)15(16,17)18)21-8-4-3-7-20-2/h5-6,10-11H,3-4,7-9,19H2,1-2H3. The third-order valence-electron chi connectivity index (χ3n) is 2.91. The predicted octanol–water partition coefficient (Wildman–Crippen LogP) is 3.40. The number of nitrogens with two attached hydrogens (primary N) is 1. The van der Waals surface area contributed by atoms with Crippen molar-refractivity contribution in [2.45, 2.75) is 38.4 Å². The van der Waals surface area contributed by atoms with Crippen molar-refractivity contribution in [1.29, 1.82) is 0 Å². The lowest BCUT2D eigenvalue weighted by Gasteiger charge is -2.16. The average Bonchev–Trinajstić information content (AvgIpc) is 2.38. The molecule has 1 rings (SSSR count). The van der Waals surface area contributed by atoms with Crippen LogP contribution < -0.4 is 10.5 Å². The van der Waals surface area contributed by atoms with Gasteiger partial charge in [0, 0.05) is 19.8 Å². The zero-order valence-electron chi connectivity index (χ0n) is 12.4. The van der Waals surface area contributed by atoms with Gasteiger partial charge in [0.2, 0.25) is 0 Å². The molecule has 0 radical (unpaired) electrons. The first-order valence-electron chi connectivity index (χ1n) is 6.92. The summed E-state index contributed by atoms with van der Waals surface area (Å²) in [7, 11) is 1.58. The minimum atomic E-state index is -4.43. The van der Waals surface area contributed by atoms with Crippen LogP contribution in [0.15, 0.2) is 18.2 Å². The van der Waals surface area contributed by atoms with Gasteiger partial charge >= 0.3 is 6.18 Å². The van der Waals surface area contributed by atoms with Crippen LogP contribution in [0.3, 0.4) is 0 Å². The number of hydrogen-bond acceptors (Lipinski definition) is 3. The van der Waals surface area contributed by atoms with E-state index in [4.69, 9.17) is 15.2 Å². The van der Waals surface area contributed by atoms with Gasteiger partial charge in [-0.25, -0.2) is 0 Å². The molecule has 0 saturated carbocycles. The zero-order chi connectivity index (χ0) is 15.9. The van der Waals surface area contributed by atoms with Gasteiger partial charge in [0.25, 0.3) is 0 Å². The summed E-state index contributed by atoms with van der Waals surface area (Å²) in [6, 6.07) is 3.93. The Balaban J connectivity index is 2.77. The smallest absolute Gasteiger partial charge is 0.419 e. The summed E-state index contributed by atoms with van der Waals surface area (Å²) < 4.78 is 49.3. The van der Waals surface area contributed by atoms with Gasteiger partial charge in [0.15, 0.2) is 0 Å². The molecule has 1 atom stereocenters. The summed E-state index contributed by atoms with van der Waals surface area (Å²) in [5, 5.41) is 0. The van der Waals surface area contributed by atoms with E-state index in [1.807, 2.05) is 0 Å². The van der Waals surface area contributed by atoms with Crippen LogP contribution in [0.5, 0.6) is 5.75 Å². The number of ether oxygens (including phenoxy) is 2. The van der Waals surface area contributed by atoms with Crippen LogP contribution in [0.2, 0.25) is 0 Å². The van der Waals surface area contributed by atoms with E-state index in [1.165, 1.54) is 6.07 Å². The Hall–Kier alpha value is -1.27. The van der Waals surface area contributed by atoms with Crippen molar-refractivity contribution in [3.63, 3.8) is 0 Å². The topological polar surface area (TPSA) is 44.5 Å². The van der Waals surface area contributed by atoms with Crippen molar-refractivity contribution in [2.24, 2.45) is 5.73 Å². The Morgan fingerprint density at radius 1 is 1.19 bits per heavy atom. The summed E-state index contributed by atoms with van der Waals surface area (Å²) in [5.74, 6) is -0.131. The highest BCUT2D eigenvalue weighted by molar-refractivity contribution is 5.39. The van der Waals surface area contributed by atoms with Gasteiger partial charge in [-0.1, -0.05) is 6.07 Å². The maximum absolute atomic E-state index is 13.1. The minimum absolute atomic E-state index is 0.131. The van der Waals surface area contributed by atoms with Gasteiger partial charge in [0.1, 0.15) is 5.75 Å². The third kappa shape index (κ3) is 6.35. The molecule has 0 heterocycles. The summed E-state index contributed by atoms with van der Waals surface area (Å²) >= 11 is 0. The Morgan fingerprint density at radius 3 is 2.43 bits per heavy atom. The minimum Gasteiger partial charge on any atom is -0.493 e. The quantitative estimate of drug-likeness (QED) is 0.749. The second-order valence-electron chi connectivity index (χ2n) is 5.06. The van der Waals surface area contributed by atoms with Crippen molar-refractivity contribution < 1.29 is 22.6 Å². The van der Waals surface area contributed by atoms with Crippen LogP contribution in [0.1, 0.15) is 30.9 Å². The zero-order valence-corrected chi connectivity index (χ0v) is 12.4. The van der Waals surface area contributed by atoms with E-state index in [1.54, 1.807) is 20.1 Å². The van der Waals surface area contributed by atoms with Crippen molar-refractivity contribution in [2.75, 3.05) is 20.3 Å². The second-order valence-corrected chi connectivity index (χ2v) is 5.06. The lowest BCUT2D eigenvalue weighted by Crippen LogP contribution is -2.18. The molecule has 0 saturated heterocycles. The van der Waals surface area contributed by atoms with Crippen molar-refractivity contribution in [3.8, 4) is 5.75 Å². The molecule has 2 N–H and O–H groups in total. The SMILES string of the molecule is COCCCCOc1ccc(CC(C)N)cc1C(F)(F)F. The van der Waals surface area contributed by atoms with Gasteiger partial charge in [-0.05, 0) is 43.9 Å². The molecule has 1 unspecified atom stereocenters. The number of alkyl halides is 3.